The summed E-state index contributed by atoms with van der Waals surface area (Å²) in [5.41, 5.74) is 2.42. The molecule has 0 spiro atoms. The number of ketones is 1. The van der Waals surface area contributed by atoms with Crippen LogP contribution in [0.4, 0.5) is 0 Å². The van der Waals surface area contributed by atoms with Gasteiger partial charge in [0.25, 0.3) is 0 Å². The third kappa shape index (κ3) is 1.63. The average Bonchev–Trinajstić information content (AvgIpc) is 2.75. The van der Waals surface area contributed by atoms with Crippen LogP contribution in [0.1, 0.15) is 28.9 Å². The number of hydrogen-bond acceptors (Lipinski definition) is 4. The number of nitrogens with zero attached hydrogens (tertiary/aromatic N) is 4. The number of carbonyl (C=O) groups is 1. The highest BCUT2D eigenvalue weighted by molar-refractivity contribution is 5.97. The molecule has 2 heterocycles. The summed E-state index contributed by atoms with van der Waals surface area (Å²) in [5.74, 6) is 0.793. The van der Waals surface area contributed by atoms with E-state index in [1.807, 2.05) is 13.1 Å². The van der Waals surface area contributed by atoms with E-state index in [-0.39, 0.29) is 5.78 Å². The molecule has 0 unspecified atom stereocenters. The zero-order valence-corrected chi connectivity index (χ0v) is 9.55. The largest absolute Gasteiger partial charge is 0.294 e. The number of fused-ring (bicyclic) bond motifs is 1. The lowest BCUT2D eigenvalue weighted by atomic mass is 9.96. The van der Waals surface area contributed by atoms with E-state index < -0.39 is 0 Å². The summed E-state index contributed by atoms with van der Waals surface area (Å²) in [6, 6.07) is 1.87. The Labute approximate surface area is 98.5 Å². The van der Waals surface area contributed by atoms with Crippen LogP contribution in [-0.4, -0.2) is 25.5 Å². The van der Waals surface area contributed by atoms with Gasteiger partial charge in [-0.15, -0.1) is 0 Å². The Morgan fingerprint density at radius 3 is 3.00 bits per heavy atom. The molecule has 3 rings (SSSR count). The molecule has 1 aliphatic carbocycles. The first kappa shape index (κ1) is 10.1. The van der Waals surface area contributed by atoms with Gasteiger partial charge in [0, 0.05) is 25.9 Å². The lowest BCUT2D eigenvalue weighted by Gasteiger charge is -2.13. The molecule has 0 saturated carbocycles. The van der Waals surface area contributed by atoms with Crippen molar-refractivity contribution in [1.29, 1.82) is 0 Å². The molecule has 0 atom stereocenters. The fraction of sp³-hybridized carbons (Fsp3) is 0.333. The standard InChI is InChI=1S/C12H12N4O/c1-16-10(5-6-14-16)12-13-7-8-9(15-12)3-2-4-11(8)17/h5-7H,2-4H2,1H3. The molecule has 1 aliphatic rings. The van der Waals surface area contributed by atoms with Crippen LogP contribution < -0.4 is 0 Å². The second-order valence-electron chi connectivity index (χ2n) is 4.17. The predicted molar refractivity (Wildman–Crippen MR) is 61.5 cm³/mol. The van der Waals surface area contributed by atoms with Crippen LogP contribution in [0, 0.1) is 0 Å². The van der Waals surface area contributed by atoms with Gasteiger partial charge in [0.05, 0.1) is 11.3 Å². The Kier molecular flexibility index (Phi) is 2.24. The van der Waals surface area contributed by atoms with Gasteiger partial charge in [-0.3, -0.25) is 9.48 Å². The maximum atomic E-state index is 11.7. The van der Waals surface area contributed by atoms with E-state index in [0.29, 0.717) is 17.8 Å². The van der Waals surface area contributed by atoms with Crippen molar-refractivity contribution in [3.63, 3.8) is 0 Å². The lowest BCUT2D eigenvalue weighted by Crippen LogP contribution is -2.14. The second kappa shape index (κ2) is 3.76. The first-order valence-electron chi connectivity index (χ1n) is 5.63. The van der Waals surface area contributed by atoms with Crippen LogP contribution in [0.25, 0.3) is 11.5 Å². The fourth-order valence-electron chi connectivity index (χ4n) is 2.11. The molecular formula is C12H12N4O. The number of aryl methyl sites for hydroxylation is 2. The molecule has 17 heavy (non-hydrogen) atoms. The summed E-state index contributed by atoms with van der Waals surface area (Å²) in [7, 11) is 1.85. The van der Waals surface area contributed by atoms with Crippen molar-refractivity contribution in [3.05, 3.63) is 29.7 Å². The molecule has 0 N–H and O–H groups in total. The minimum Gasteiger partial charge on any atom is -0.294 e. The number of hydrogen-bond donors (Lipinski definition) is 0. The molecule has 5 heteroatoms. The van der Waals surface area contributed by atoms with Gasteiger partial charge in [-0.05, 0) is 18.9 Å². The van der Waals surface area contributed by atoms with E-state index in [4.69, 9.17) is 0 Å². The summed E-state index contributed by atoms with van der Waals surface area (Å²) in [5, 5.41) is 4.09. The summed E-state index contributed by atoms with van der Waals surface area (Å²) in [4.78, 5) is 20.4. The molecular weight excluding hydrogens is 216 g/mol. The summed E-state index contributed by atoms with van der Waals surface area (Å²) >= 11 is 0. The number of Topliss-reactive ketones (excluding diaryl/α,β-unsaturated/α-hetero) is 1. The maximum absolute atomic E-state index is 11.7. The smallest absolute Gasteiger partial charge is 0.178 e. The highest BCUT2D eigenvalue weighted by atomic mass is 16.1. The van der Waals surface area contributed by atoms with Crippen LogP contribution in [0.15, 0.2) is 18.5 Å². The summed E-state index contributed by atoms with van der Waals surface area (Å²) < 4.78 is 1.73. The molecule has 86 valence electrons. The van der Waals surface area contributed by atoms with E-state index in [2.05, 4.69) is 15.1 Å². The first-order chi connectivity index (χ1) is 8.25. The Balaban J connectivity index is 2.10. The van der Waals surface area contributed by atoms with E-state index in [9.17, 15) is 4.79 Å². The van der Waals surface area contributed by atoms with Gasteiger partial charge < -0.3 is 0 Å². The topological polar surface area (TPSA) is 60.7 Å². The van der Waals surface area contributed by atoms with E-state index in [0.717, 1.165) is 24.2 Å². The van der Waals surface area contributed by atoms with Crippen LogP contribution in [-0.2, 0) is 13.5 Å². The van der Waals surface area contributed by atoms with Gasteiger partial charge in [0.1, 0.15) is 5.69 Å². The van der Waals surface area contributed by atoms with Crippen LogP contribution in [0.5, 0.6) is 0 Å². The normalized spacial score (nSPS) is 14.8. The van der Waals surface area contributed by atoms with Gasteiger partial charge in [-0.25, -0.2) is 9.97 Å². The minimum atomic E-state index is 0.155. The van der Waals surface area contributed by atoms with Crippen molar-refractivity contribution < 1.29 is 4.79 Å². The van der Waals surface area contributed by atoms with E-state index >= 15 is 0 Å². The van der Waals surface area contributed by atoms with Crippen molar-refractivity contribution in [2.45, 2.75) is 19.3 Å². The van der Waals surface area contributed by atoms with Crippen molar-refractivity contribution in [2.75, 3.05) is 0 Å². The molecule has 0 bridgehead atoms. The van der Waals surface area contributed by atoms with Gasteiger partial charge in [0.2, 0.25) is 0 Å². The Morgan fingerprint density at radius 1 is 1.35 bits per heavy atom. The van der Waals surface area contributed by atoms with E-state index in [1.165, 1.54) is 0 Å². The molecule has 5 nitrogen and oxygen atoms in total. The predicted octanol–water partition coefficient (Wildman–Crippen LogP) is 1.40. The highest BCUT2D eigenvalue weighted by Gasteiger charge is 2.20. The zero-order chi connectivity index (χ0) is 11.8. The quantitative estimate of drug-likeness (QED) is 0.740. The van der Waals surface area contributed by atoms with Crippen molar-refractivity contribution in [1.82, 2.24) is 19.7 Å². The molecule has 0 aromatic carbocycles. The summed E-state index contributed by atoms with van der Waals surface area (Å²) in [6.07, 6.45) is 5.71. The van der Waals surface area contributed by atoms with Crippen LogP contribution >= 0.6 is 0 Å². The third-order valence-electron chi connectivity index (χ3n) is 3.04. The van der Waals surface area contributed by atoms with Crippen molar-refractivity contribution >= 4 is 5.78 Å². The monoisotopic (exact) mass is 228 g/mol. The van der Waals surface area contributed by atoms with Gasteiger partial charge in [0.15, 0.2) is 11.6 Å². The average molecular weight is 228 g/mol. The minimum absolute atomic E-state index is 0.155. The number of aromatic nitrogens is 4. The van der Waals surface area contributed by atoms with Crippen LogP contribution in [0.3, 0.4) is 0 Å². The molecule has 0 aliphatic heterocycles. The zero-order valence-electron chi connectivity index (χ0n) is 9.55. The maximum Gasteiger partial charge on any atom is 0.178 e. The molecule has 0 radical (unpaired) electrons. The third-order valence-corrected chi connectivity index (χ3v) is 3.04. The number of rotatable bonds is 1. The molecule has 0 fully saturated rings. The SMILES string of the molecule is Cn1nccc1-c1ncc2c(n1)CCCC2=O. The van der Waals surface area contributed by atoms with Gasteiger partial charge >= 0.3 is 0 Å². The molecule has 2 aromatic rings. The number of carbonyl (C=O) groups excluding carboxylic acids is 1. The summed E-state index contributed by atoms with van der Waals surface area (Å²) in [6.45, 7) is 0. The van der Waals surface area contributed by atoms with Crippen LogP contribution in [0.2, 0.25) is 0 Å². The van der Waals surface area contributed by atoms with Gasteiger partial charge in [-0.1, -0.05) is 0 Å². The highest BCUT2D eigenvalue weighted by Crippen LogP contribution is 2.21. The Hall–Kier alpha value is -2.04. The lowest BCUT2D eigenvalue weighted by molar-refractivity contribution is 0.0971. The van der Waals surface area contributed by atoms with Crippen molar-refractivity contribution in [3.8, 4) is 11.5 Å². The molecule has 2 aromatic heterocycles. The van der Waals surface area contributed by atoms with Crippen molar-refractivity contribution in [2.24, 2.45) is 7.05 Å². The second-order valence-corrected chi connectivity index (χ2v) is 4.17. The fourth-order valence-corrected chi connectivity index (χ4v) is 2.11. The molecule has 0 amide bonds. The Bertz CT molecular complexity index is 588. The molecule has 0 saturated heterocycles. The van der Waals surface area contributed by atoms with Gasteiger partial charge in [-0.2, -0.15) is 5.10 Å². The Morgan fingerprint density at radius 2 is 2.24 bits per heavy atom. The van der Waals surface area contributed by atoms with E-state index in [1.54, 1.807) is 17.1 Å². The first-order valence-corrected chi connectivity index (χ1v) is 5.63.